The molecule has 7 heteroatoms. The smallest absolute Gasteiger partial charge is 0.188 e. The molecule has 6 nitrogen and oxygen atoms in total. The van der Waals surface area contributed by atoms with Crippen LogP contribution in [0.25, 0.3) is 0 Å². The van der Waals surface area contributed by atoms with Crippen LogP contribution in [0.2, 0.25) is 0 Å². The molecule has 150 valence electrons. The fourth-order valence-electron chi connectivity index (χ4n) is 3.37. The molecule has 0 bridgehead atoms. The topological polar surface area (TPSA) is 72.1 Å². The highest BCUT2D eigenvalue weighted by Gasteiger charge is 2.22. The Hall–Kier alpha value is -2.41. The highest BCUT2D eigenvalue weighted by Crippen LogP contribution is 2.28. The number of rotatable bonds is 7. The molecular formula is C21H27BrN4O2. The minimum absolute atomic E-state index is 0.468. The Morgan fingerprint density at radius 1 is 1.21 bits per heavy atom. The van der Waals surface area contributed by atoms with Crippen molar-refractivity contribution in [2.24, 2.45) is 16.6 Å². The van der Waals surface area contributed by atoms with Crippen LogP contribution in [-0.2, 0) is 6.54 Å². The van der Waals surface area contributed by atoms with Crippen molar-refractivity contribution in [2.75, 3.05) is 38.8 Å². The van der Waals surface area contributed by atoms with Gasteiger partial charge in [-0.3, -0.25) is 0 Å². The number of guanidine groups is 1. The zero-order valence-corrected chi connectivity index (χ0v) is 17.9. The average molecular weight is 447 g/mol. The van der Waals surface area contributed by atoms with Gasteiger partial charge >= 0.3 is 0 Å². The second-order valence-electron chi connectivity index (χ2n) is 6.85. The fraction of sp³-hybridized carbons (Fsp3) is 0.381. The molecule has 0 aliphatic carbocycles. The van der Waals surface area contributed by atoms with Crippen molar-refractivity contribution in [3.63, 3.8) is 0 Å². The van der Waals surface area contributed by atoms with Crippen molar-refractivity contribution in [3.8, 4) is 11.5 Å². The van der Waals surface area contributed by atoms with Crippen molar-refractivity contribution in [3.05, 3.63) is 52.5 Å². The number of methoxy groups -OCH3 is 2. The Morgan fingerprint density at radius 3 is 2.79 bits per heavy atom. The van der Waals surface area contributed by atoms with Gasteiger partial charge in [-0.05, 0) is 48.2 Å². The van der Waals surface area contributed by atoms with E-state index < -0.39 is 0 Å². The summed E-state index contributed by atoms with van der Waals surface area (Å²) in [7, 11) is 3.25. The minimum atomic E-state index is 0.468. The molecule has 1 aliphatic rings. The predicted molar refractivity (Wildman–Crippen MR) is 117 cm³/mol. The van der Waals surface area contributed by atoms with Gasteiger partial charge in [0.25, 0.3) is 0 Å². The Kier molecular flexibility index (Phi) is 7.03. The van der Waals surface area contributed by atoms with E-state index in [9.17, 15) is 0 Å². The van der Waals surface area contributed by atoms with Gasteiger partial charge < -0.3 is 25.4 Å². The summed E-state index contributed by atoms with van der Waals surface area (Å²) in [5, 5.41) is 3.27. The number of nitrogens with two attached hydrogens (primary N) is 1. The number of ether oxygens (including phenoxy) is 2. The summed E-state index contributed by atoms with van der Waals surface area (Å²) in [5.74, 6) is 2.42. The maximum atomic E-state index is 6.06. The standard InChI is InChI=1S/C21H27BrN4O2/c1-27-19-7-6-15(10-20(19)28-2)12-24-21(23)25-13-16-8-9-26(14-16)18-5-3-4-17(22)11-18/h3-7,10-11,16H,8-9,12-14H2,1-2H3,(H3,23,24,25). The molecule has 2 aromatic rings. The number of hydrogen-bond acceptors (Lipinski definition) is 4. The lowest BCUT2D eigenvalue weighted by molar-refractivity contribution is 0.354. The molecule has 3 rings (SSSR count). The van der Waals surface area contributed by atoms with E-state index in [-0.39, 0.29) is 0 Å². The molecule has 1 aliphatic heterocycles. The number of anilines is 1. The van der Waals surface area contributed by atoms with Crippen LogP contribution in [0.1, 0.15) is 12.0 Å². The van der Waals surface area contributed by atoms with Crippen LogP contribution in [0.4, 0.5) is 5.69 Å². The van der Waals surface area contributed by atoms with Gasteiger partial charge in [0.1, 0.15) is 0 Å². The van der Waals surface area contributed by atoms with Crippen molar-refractivity contribution < 1.29 is 9.47 Å². The number of nitrogens with zero attached hydrogens (tertiary/aromatic N) is 2. The lowest BCUT2D eigenvalue weighted by Crippen LogP contribution is -2.36. The van der Waals surface area contributed by atoms with Gasteiger partial charge in [-0.2, -0.15) is 0 Å². The molecule has 0 aromatic heterocycles. The summed E-state index contributed by atoms with van der Waals surface area (Å²) in [4.78, 5) is 6.85. The Morgan fingerprint density at radius 2 is 2.04 bits per heavy atom. The van der Waals surface area contributed by atoms with Crippen molar-refractivity contribution in [1.29, 1.82) is 0 Å². The first-order chi connectivity index (χ1) is 13.6. The molecule has 1 heterocycles. The number of benzene rings is 2. The molecule has 0 amide bonds. The zero-order chi connectivity index (χ0) is 19.9. The monoisotopic (exact) mass is 446 g/mol. The minimum Gasteiger partial charge on any atom is -0.493 e. The van der Waals surface area contributed by atoms with Gasteiger partial charge in [0, 0.05) is 29.8 Å². The van der Waals surface area contributed by atoms with Crippen LogP contribution in [0.3, 0.4) is 0 Å². The molecule has 1 saturated heterocycles. The molecule has 3 N–H and O–H groups in total. The van der Waals surface area contributed by atoms with Crippen LogP contribution < -0.4 is 25.4 Å². The summed E-state index contributed by atoms with van der Waals surface area (Å²) in [5.41, 5.74) is 8.33. The maximum Gasteiger partial charge on any atom is 0.188 e. The van der Waals surface area contributed by atoms with Crippen molar-refractivity contribution >= 4 is 27.6 Å². The van der Waals surface area contributed by atoms with E-state index in [2.05, 4.69) is 49.3 Å². The molecule has 1 atom stereocenters. The fourth-order valence-corrected chi connectivity index (χ4v) is 3.75. The number of nitrogens with one attached hydrogen (secondary N) is 1. The van der Waals surface area contributed by atoms with E-state index in [0.717, 1.165) is 36.1 Å². The second-order valence-corrected chi connectivity index (χ2v) is 7.77. The number of hydrogen-bond donors (Lipinski definition) is 2. The van der Waals surface area contributed by atoms with E-state index >= 15 is 0 Å². The molecule has 0 spiro atoms. The average Bonchev–Trinajstić information content (AvgIpc) is 3.19. The van der Waals surface area contributed by atoms with Crippen LogP contribution >= 0.6 is 15.9 Å². The van der Waals surface area contributed by atoms with Crippen molar-refractivity contribution in [1.82, 2.24) is 5.32 Å². The lowest BCUT2D eigenvalue weighted by atomic mass is 10.1. The normalized spacial score (nSPS) is 16.9. The second kappa shape index (κ2) is 9.68. The highest BCUT2D eigenvalue weighted by atomic mass is 79.9. The van der Waals surface area contributed by atoms with E-state index in [4.69, 9.17) is 15.2 Å². The van der Waals surface area contributed by atoms with Gasteiger partial charge in [0.2, 0.25) is 0 Å². The molecule has 28 heavy (non-hydrogen) atoms. The summed E-state index contributed by atoms with van der Waals surface area (Å²) in [6, 6.07) is 14.2. The van der Waals surface area contributed by atoms with E-state index in [1.807, 2.05) is 24.3 Å². The Labute approximate surface area is 174 Å². The Balaban J connectivity index is 1.48. The third-order valence-electron chi connectivity index (χ3n) is 4.91. The SMILES string of the molecule is COc1ccc(CN=C(N)NCC2CCN(c3cccc(Br)c3)C2)cc1OC. The first kappa shape index (κ1) is 20.3. The molecule has 1 fully saturated rings. The molecule has 0 radical (unpaired) electrons. The van der Waals surface area contributed by atoms with Gasteiger partial charge in [0.15, 0.2) is 17.5 Å². The number of aliphatic imine (C=N–C) groups is 1. The van der Waals surface area contributed by atoms with Crippen LogP contribution in [0, 0.1) is 5.92 Å². The maximum absolute atomic E-state index is 6.06. The molecule has 0 saturated carbocycles. The first-order valence-electron chi connectivity index (χ1n) is 9.34. The van der Waals surface area contributed by atoms with Crippen LogP contribution in [0.5, 0.6) is 11.5 Å². The quantitative estimate of drug-likeness (QED) is 0.503. The third-order valence-corrected chi connectivity index (χ3v) is 5.40. The van der Waals surface area contributed by atoms with E-state index in [0.29, 0.717) is 29.9 Å². The first-order valence-corrected chi connectivity index (χ1v) is 10.1. The summed E-state index contributed by atoms with van der Waals surface area (Å²) >= 11 is 3.54. The van der Waals surface area contributed by atoms with Gasteiger partial charge in [-0.1, -0.05) is 28.1 Å². The lowest BCUT2D eigenvalue weighted by Gasteiger charge is -2.19. The van der Waals surface area contributed by atoms with Crippen molar-refractivity contribution in [2.45, 2.75) is 13.0 Å². The zero-order valence-electron chi connectivity index (χ0n) is 16.3. The van der Waals surface area contributed by atoms with Crippen LogP contribution in [-0.4, -0.2) is 39.8 Å². The van der Waals surface area contributed by atoms with E-state index in [1.165, 1.54) is 5.69 Å². The largest absolute Gasteiger partial charge is 0.493 e. The summed E-state index contributed by atoms with van der Waals surface area (Å²) < 4.78 is 11.7. The van der Waals surface area contributed by atoms with Gasteiger partial charge in [-0.15, -0.1) is 0 Å². The summed E-state index contributed by atoms with van der Waals surface area (Å²) in [6.45, 7) is 3.40. The Bertz CT molecular complexity index is 828. The van der Waals surface area contributed by atoms with Gasteiger partial charge in [-0.25, -0.2) is 4.99 Å². The molecular weight excluding hydrogens is 420 g/mol. The molecule has 1 unspecified atom stereocenters. The van der Waals surface area contributed by atoms with E-state index in [1.54, 1.807) is 14.2 Å². The number of halogens is 1. The predicted octanol–water partition coefficient (Wildman–Crippen LogP) is 3.40. The molecule has 2 aromatic carbocycles. The summed E-state index contributed by atoms with van der Waals surface area (Å²) in [6.07, 6.45) is 1.14. The third kappa shape index (κ3) is 5.32. The van der Waals surface area contributed by atoms with Gasteiger partial charge in [0.05, 0.1) is 20.8 Å². The highest BCUT2D eigenvalue weighted by molar-refractivity contribution is 9.10. The van der Waals surface area contributed by atoms with Crippen LogP contribution in [0.15, 0.2) is 51.9 Å².